The molecule has 0 saturated heterocycles. The molecule has 150 valence electrons. The van der Waals surface area contributed by atoms with Gasteiger partial charge < -0.3 is 20.1 Å². The number of ether oxygens (including phenoxy) is 2. The van der Waals surface area contributed by atoms with Crippen molar-refractivity contribution in [1.82, 2.24) is 5.32 Å². The van der Waals surface area contributed by atoms with Gasteiger partial charge >= 0.3 is 6.61 Å². The molecule has 6 nitrogen and oxygen atoms in total. The van der Waals surface area contributed by atoms with E-state index in [-0.39, 0.29) is 17.9 Å². The summed E-state index contributed by atoms with van der Waals surface area (Å²) in [5.41, 5.74) is 1.64. The minimum Gasteiger partial charge on any atom is -0.494 e. The Kier molecular flexibility index (Phi) is 7.31. The SMILES string of the molecule is CCOc1ccc(NC(=O)CNC(=O)c2cc(C)c(OC(F)F)c(C)c2)cc1. The van der Waals surface area contributed by atoms with Crippen molar-refractivity contribution in [2.75, 3.05) is 18.5 Å². The summed E-state index contributed by atoms with van der Waals surface area (Å²) < 4.78 is 34.7. The van der Waals surface area contributed by atoms with Crippen molar-refractivity contribution in [3.05, 3.63) is 53.1 Å². The van der Waals surface area contributed by atoms with Crippen LogP contribution in [-0.4, -0.2) is 31.6 Å². The molecule has 2 N–H and O–H groups in total. The number of halogens is 2. The van der Waals surface area contributed by atoms with E-state index < -0.39 is 18.4 Å². The van der Waals surface area contributed by atoms with Gasteiger partial charge in [0.1, 0.15) is 11.5 Å². The fraction of sp³-hybridized carbons (Fsp3) is 0.300. The number of carbonyl (C=O) groups excluding carboxylic acids is 2. The van der Waals surface area contributed by atoms with E-state index in [0.717, 1.165) is 0 Å². The second kappa shape index (κ2) is 9.68. The molecule has 2 aromatic rings. The average molecular weight is 392 g/mol. The van der Waals surface area contributed by atoms with Gasteiger partial charge in [0.15, 0.2) is 0 Å². The summed E-state index contributed by atoms with van der Waals surface area (Å²) in [4.78, 5) is 24.3. The average Bonchev–Trinajstić information content (AvgIpc) is 2.64. The smallest absolute Gasteiger partial charge is 0.387 e. The van der Waals surface area contributed by atoms with Crippen molar-refractivity contribution in [3.63, 3.8) is 0 Å². The number of aryl methyl sites for hydroxylation is 2. The minimum atomic E-state index is -2.94. The molecule has 0 spiro atoms. The van der Waals surface area contributed by atoms with E-state index in [2.05, 4.69) is 15.4 Å². The molecule has 0 aliphatic carbocycles. The highest BCUT2D eigenvalue weighted by molar-refractivity contribution is 5.99. The van der Waals surface area contributed by atoms with Crippen molar-refractivity contribution < 1.29 is 27.8 Å². The van der Waals surface area contributed by atoms with E-state index in [4.69, 9.17) is 4.74 Å². The number of rotatable bonds is 8. The van der Waals surface area contributed by atoms with Crippen molar-refractivity contribution in [2.24, 2.45) is 0 Å². The summed E-state index contributed by atoms with van der Waals surface area (Å²) in [5, 5.41) is 5.16. The Morgan fingerprint density at radius 3 is 2.21 bits per heavy atom. The summed E-state index contributed by atoms with van der Waals surface area (Å²) in [7, 11) is 0. The number of nitrogens with one attached hydrogen (secondary N) is 2. The summed E-state index contributed by atoms with van der Waals surface area (Å²) in [5.74, 6) is -0.154. The van der Waals surface area contributed by atoms with E-state index in [1.165, 1.54) is 12.1 Å². The molecular weight excluding hydrogens is 370 g/mol. The molecule has 2 rings (SSSR count). The second-order valence-electron chi connectivity index (χ2n) is 6.01. The molecular formula is C20H22F2N2O4. The Balaban J connectivity index is 1.93. The zero-order chi connectivity index (χ0) is 20.7. The van der Waals surface area contributed by atoms with Gasteiger partial charge in [-0.2, -0.15) is 8.78 Å². The Hall–Kier alpha value is -3.16. The molecule has 0 unspecified atom stereocenters. The fourth-order valence-electron chi connectivity index (χ4n) is 2.63. The zero-order valence-corrected chi connectivity index (χ0v) is 15.8. The van der Waals surface area contributed by atoms with Crippen LogP contribution < -0.4 is 20.1 Å². The Labute approximate surface area is 161 Å². The van der Waals surface area contributed by atoms with Crippen molar-refractivity contribution in [1.29, 1.82) is 0 Å². The van der Waals surface area contributed by atoms with Crippen LogP contribution in [0.4, 0.5) is 14.5 Å². The lowest BCUT2D eigenvalue weighted by molar-refractivity contribution is -0.115. The van der Waals surface area contributed by atoms with Crippen molar-refractivity contribution in [3.8, 4) is 11.5 Å². The van der Waals surface area contributed by atoms with Crippen LogP contribution in [0.2, 0.25) is 0 Å². The van der Waals surface area contributed by atoms with E-state index in [0.29, 0.717) is 29.2 Å². The van der Waals surface area contributed by atoms with E-state index >= 15 is 0 Å². The molecule has 28 heavy (non-hydrogen) atoms. The summed E-state index contributed by atoms with van der Waals surface area (Å²) in [6, 6.07) is 9.71. The number of carbonyl (C=O) groups is 2. The maximum atomic E-state index is 12.4. The Morgan fingerprint density at radius 2 is 1.68 bits per heavy atom. The monoisotopic (exact) mass is 392 g/mol. The predicted molar refractivity (Wildman–Crippen MR) is 101 cm³/mol. The molecule has 0 fully saturated rings. The van der Waals surface area contributed by atoms with Gasteiger partial charge in [-0.1, -0.05) is 0 Å². The first-order valence-corrected chi connectivity index (χ1v) is 8.67. The highest BCUT2D eigenvalue weighted by Gasteiger charge is 2.15. The number of amides is 2. The fourth-order valence-corrected chi connectivity index (χ4v) is 2.63. The standard InChI is InChI=1S/C20H22F2N2O4/c1-4-27-16-7-5-15(6-8-16)24-17(25)11-23-19(26)14-9-12(2)18(13(3)10-14)28-20(21)22/h5-10,20H,4,11H2,1-3H3,(H,23,26)(H,24,25). The number of hydrogen-bond acceptors (Lipinski definition) is 4. The van der Waals surface area contributed by atoms with E-state index in [1.807, 2.05) is 6.92 Å². The number of benzene rings is 2. The second-order valence-corrected chi connectivity index (χ2v) is 6.01. The van der Waals surface area contributed by atoms with Gasteiger partial charge in [-0.25, -0.2) is 0 Å². The van der Waals surface area contributed by atoms with E-state index in [9.17, 15) is 18.4 Å². The third-order valence-corrected chi connectivity index (χ3v) is 3.79. The minimum absolute atomic E-state index is 0.0415. The lowest BCUT2D eigenvalue weighted by atomic mass is 10.1. The van der Waals surface area contributed by atoms with Gasteiger partial charge in [-0.15, -0.1) is 0 Å². The highest BCUT2D eigenvalue weighted by Crippen LogP contribution is 2.26. The number of anilines is 1. The molecule has 0 aliphatic rings. The molecule has 0 aliphatic heterocycles. The number of hydrogen-bond donors (Lipinski definition) is 2. The van der Waals surface area contributed by atoms with Gasteiger partial charge in [-0.05, 0) is 68.3 Å². The Morgan fingerprint density at radius 1 is 1.07 bits per heavy atom. The first-order chi connectivity index (χ1) is 13.3. The van der Waals surface area contributed by atoms with Crippen LogP contribution in [0.25, 0.3) is 0 Å². The van der Waals surface area contributed by atoms with Crippen LogP contribution in [0.1, 0.15) is 28.4 Å². The quantitative estimate of drug-likeness (QED) is 0.719. The molecule has 2 amide bonds. The first kappa shape index (κ1) is 21.1. The topological polar surface area (TPSA) is 76.7 Å². The van der Waals surface area contributed by atoms with Gasteiger partial charge in [0, 0.05) is 11.3 Å². The lowest BCUT2D eigenvalue weighted by Crippen LogP contribution is -2.33. The molecule has 0 bridgehead atoms. The van der Waals surface area contributed by atoms with Crippen LogP contribution >= 0.6 is 0 Å². The molecule has 2 aromatic carbocycles. The van der Waals surface area contributed by atoms with Crippen LogP contribution in [-0.2, 0) is 4.79 Å². The largest absolute Gasteiger partial charge is 0.494 e. The van der Waals surface area contributed by atoms with Crippen LogP contribution in [0.5, 0.6) is 11.5 Å². The first-order valence-electron chi connectivity index (χ1n) is 8.67. The molecule has 0 heterocycles. The van der Waals surface area contributed by atoms with Crippen LogP contribution in [0.3, 0.4) is 0 Å². The molecule has 8 heteroatoms. The normalized spacial score (nSPS) is 10.5. The molecule has 0 aromatic heterocycles. The molecule has 0 radical (unpaired) electrons. The summed E-state index contributed by atoms with van der Waals surface area (Å²) >= 11 is 0. The third kappa shape index (κ3) is 5.94. The van der Waals surface area contributed by atoms with Gasteiger partial charge in [0.2, 0.25) is 5.91 Å². The molecule has 0 atom stereocenters. The zero-order valence-electron chi connectivity index (χ0n) is 15.8. The highest BCUT2D eigenvalue weighted by atomic mass is 19.3. The maximum absolute atomic E-state index is 12.4. The number of alkyl halides is 2. The van der Waals surface area contributed by atoms with Gasteiger partial charge in [-0.3, -0.25) is 9.59 Å². The van der Waals surface area contributed by atoms with E-state index in [1.54, 1.807) is 38.1 Å². The van der Waals surface area contributed by atoms with Gasteiger partial charge in [0.05, 0.1) is 13.2 Å². The third-order valence-electron chi connectivity index (χ3n) is 3.79. The van der Waals surface area contributed by atoms with Crippen molar-refractivity contribution in [2.45, 2.75) is 27.4 Å². The predicted octanol–water partition coefficient (Wildman–Crippen LogP) is 3.67. The van der Waals surface area contributed by atoms with Crippen LogP contribution in [0, 0.1) is 13.8 Å². The Bertz CT molecular complexity index is 816. The summed E-state index contributed by atoms with van der Waals surface area (Å²) in [6.07, 6.45) is 0. The summed E-state index contributed by atoms with van der Waals surface area (Å²) in [6.45, 7) is 2.38. The van der Waals surface area contributed by atoms with Gasteiger partial charge in [0.25, 0.3) is 5.91 Å². The molecule has 0 saturated carbocycles. The van der Waals surface area contributed by atoms with Crippen molar-refractivity contribution >= 4 is 17.5 Å². The van der Waals surface area contributed by atoms with Crippen LogP contribution in [0.15, 0.2) is 36.4 Å². The lowest BCUT2D eigenvalue weighted by Gasteiger charge is -2.13. The maximum Gasteiger partial charge on any atom is 0.387 e.